The maximum Gasteiger partial charge on any atom is 0.407 e. The Morgan fingerprint density at radius 1 is 1.19 bits per heavy atom. The van der Waals surface area contributed by atoms with Crippen LogP contribution >= 0.6 is 0 Å². The van der Waals surface area contributed by atoms with E-state index in [2.05, 4.69) is 5.32 Å². The van der Waals surface area contributed by atoms with Crippen molar-refractivity contribution in [3.8, 4) is 11.5 Å². The third-order valence-electron chi connectivity index (χ3n) is 5.26. The molecule has 140 valence electrons. The maximum atomic E-state index is 11.8. The van der Waals surface area contributed by atoms with Crippen molar-refractivity contribution >= 4 is 12.0 Å². The molecule has 2 aromatic rings. The zero-order valence-corrected chi connectivity index (χ0v) is 14.6. The molecule has 0 radical (unpaired) electrons. The molecule has 4 rings (SSSR count). The van der Waals surface area contributed by atoms with Gasteiger partial charge in [-0.3, -0.25) is 4.79 Å². The number of phenols is 1. The number of fused-ring (bicyclic) bond motifs is 1. The second kappa shape index (κ2) is 6.83. The number of carbonyl (C=O) groups excluding carboxylic acids is 1. The highest BCUT2D eigenvalue weighted by molar-refractivity contribution is 5.98. The van der Waals surface area contributed by atoms with Gasteiger partial charge in [-0.15, -0.1) is 0 Å². The molecule has 1 saturated heterocycles. The lowest BCUT2D eigenvalue weighted by molar-refractivity contribution is 0.0965. The van der Waals surface area contributed by atoms with Gasteiger partial charge in [0, 0.05) is 37.0 Å². The van der Waals surface area contributed by atoms with Crippen LogP contribution in [-0.2, 0) is 6.54 Å². The number of ether oxygens (including phenoxy) is 1. The number of aromatic hydroxyl groups is 1. The minimum Gasteiger partial charge on any atom is -0.508 e. The third-order valence-corrected chi connectivity index (χ3v) is 5.26. The monoisotopic (exact) mass is 368 g/mol. The zero-order chi connectivity index (χ0) is 19.0. The Labute approximate surface area is 156 Å². The summed E-state index contributed by atoms with van der Waals surface area (Å²) < 4.78 is 5.92. The standard InChI is InChI=1S/C20H20N2O5/c23-15-4-1-12(2-5-15)18-10-22(20(25)26)9-14(18)11-27-16-6-3-13-8-21-19(24)17(13)7-16/h1-7,14,18,23H,8-11H2,(H,21,24)(H,25,26). The van der Waals surface area contributed by atoms with Crippen molar-refractivity contribution in [3.63, 3.8) is 0 Å². The summed E-state index contributed by atoms with van der Waals surface area (Å²) in [5.74, 6) is 0.641. The summed E-state index contributed by atoms with van der Waals surface area (Å²) in [6.07, 6.45) is -0.949. The Morgan fingerprint density at radius 2 is 1.96 bits per heavy atom. The molecule has 1 fully saturated rings. The van der Waals surface area contributed by atoms with Crippen LogP contribution in [0.3, 0.4) is 0 Å². The second-order valence-corrected chi connectivity index (χ2v) is 6.96. The van der Waals surface area contributed by atoms with Crippen molar-refractivity contribution in [1.82, 2.24) is 10.2 Å². The van der Waals surface area contributed by atoms with Crippen LogP contribution in [-0.4, -0.2) is 46.8 Å². The van der Waals surface area contributed by atoms with Crippen molar-refractivity contribution < 1.29 is 24.5 Å². The lowest BCUT2D eigenvalue weighted by atomic mass is 9.89. The van der Waals surface area contributed by atoms with E-state index in [-0.39, 0.29) is 23.5 Å². The van der Waals surface area contributed by atoms with Gasteiger partial charge < -0.3 is 25.2 Å². The normalized spacial score (nSPS) is 21.0. The predicted octanol–water partition coefficient (Wildman–Crippen LogP) is 2.41. The molecule has 7 nitrogen and oxygen atoms in total. The molecule has 2 aromatic carbocycles. The highest BCUT2D eigenvalue weighted by Gasteiger charge is 2.36. The summed E-state index contributed by atoms with van der Waals surface area (Å²) in [6, 6.07) is 12.3. The van der Waals surface area contributed by atoms with E-state index in [4.69, 9.17) is 4.74 Å². The molecule has 2 aliphatic rings. The fourth-order valence-electron chi connectivity index (χ4n) is 3.78. The molecule has 0 bridgehead atoms. The van der Waals surface area contributed by atoms with E-state index in [1.165, 1.54) is 4.90 Å². The number of benzene rings is 2. The van der Waals surface area contributed by atoms with Gasteiger partial charge in [-0.25, -0.2) is 4.79 Å². The minimum absolute atomic E-state index is 0.0144. The molecule has 27 heavy (non-hydrogen) atoms. The molecule has 0 aromatic heterocycles. The van der Waals surface area contributed by atoms with Crippen molar-refractivity contribution in [1.29, 1.82) is 0 Å². The van der Waals surface area contributed by atoms with E-state index < -0.39 is 6.09 Å². The molecule has 2 unspecified atom stereocenters. The third kappa shape index (κ3) is 3.40. The Kier molecular flexibility index (Phi) is 4.35. The van der Waals surface area contributed by atoms with E-state index in [1.54, 1.807) is 18.2 Å². The quantitative estimate of drug-likeness (QED) is 0.770. The van der Waals surface area contributed by atoms with Gasteiger partial charge >= 0.3 is 6.09 Å². The topological polar surface area (TPSA) is 99.1 Å². The van der Waals surface area contributed by atoms with Gasteiger partial charge in [0.25, 0.3) is 5.91 Å². The number of nitrogens with zero attached hydrogens (tertiary/aromatic N) is 1. The highest BCUT2D eigenvalue weighted by atomic mass is 16.5. The molecule has 0 spiro atoms. The number of carboxylic acid groups (broad SMARTS) is 1. The number of phenolic OH excluding ortho intramolecular Hbond substituents is 1. The minimum atomic E-state index is -0.949. The van der Waals surface area contributed by atoms with E-state index in [1.807, 2.05) is 24.3 Å². The molecule has 7 heteroatoms. The fourth-order valence-corrected chi connectivity index (χ4v) is 3.78. The summed E-state index contributed by atoms with van der Waals surface area (Å²) in [4.78, 5) is 24.6. The van der Waals surface area contributed by atoms with Crippen LogP contribution in [0.4, 0.5) is 4.79 Å². The number of likely N-dealkylation sites (tertiary alicyclic amines) is 1. The first-order chi connectivity index (χ1) is 13.0. The van der Waals surface area contributed by atoms with E-state index in [0.29, 0.717) is 37.6 Å². The largest absolute Gasteiger partial charge is 0.508 e. The van der Waals surface area contributed by atoms with Gasteiger partial charge in [0.1, 0.15) is 11.5 Å². The van der Waals surface area contributed by atoms with Crippen LogP contribution < -0.4 is 10.1 Å². The van der Waals surface area contributed by atoms with Crippen LogP contribution in [0.25, 0.3) is 0 Å². The average molecular weight is 368 g/mol. The highest BCUT2D eigenvalue weighted by Crippen LogP contribution is 2.34. The Balaban J connectivity index is 1.50. The Morgan fingerprint density at radius 3 is 2.70 bits per heavy atom. The van der Waals surface area contributed by atoms with Gasteiger partial charge in [-0.1, -0.05) is 18.2 Å². The summed E-state index contributed by atoms with van der Waals surface area (Å²) in [6.45, 7) is 1.65. The summed E-state index contributed by atoms with van der Waals surface area (Å²) in [5, 5.41) is 21.6. The molecule has 3 N–H and O–H groups in total. The smallest absolute Gasteiger partial charge is 0.407 e. The second-order valence-electron chi connectivity index (χ2n) is 6.96. The first-order valence-electron chi connectivity index (χ1n) is 8.82. The van der Waals surface area contributed by atoms with E-state index in [9.17, 15) is 19.8 Å². The first kappa shape index (κ1) is 17.2. The van der Waals surface area contributed by atoms with E-state index >= 15 is 0 Å². The number of carbonyl (C=O) groups is 2. The van der Waals surface area contributed by atoms with Gasteiger partial charge in [-0.2, -0.15) is 0 Å². The Hall–Kier alpha value is -3.22. The number of nitrogens with one attached hydrogen (secondary N) is 1. The number of amides is 2. The van der Waals surface area contributed by atoms with Crippen molar-refractivity contribution in [3.05, 3.63) is 59.2 Å². The molecule has 2 aliphatic heterocycles. The molecule has 2 amide bonds. The zero-order valence-electron chi connectivity index (χ0n) is 14.6. The SMILES string of the molecule is O=C1NCc2ccc(OCC3CN(C(=O)O)CC3c3ccc(O)cc3)cc21. The lowest BCUT2D eigenvalue weighted by Gasteiger charge is -2.19. The number of hydrogen-bond acceptors (Lipinski definition) is 4. The van der Waals surface area contributed by atoms with Crippen LogP contribution in [0, 0.1) is 5.92 Å². The molecular formula is C20H20N2O5. The van der Waals surface area contributed by atoms with E-state index in [0.717, 1.165) is 11.1 Å². The molecule has 2 atom stereocenters. The number of hydrogen-bond donors (Lipinski definition) is 3. The first-order valence-corrected chi connectivity index (χ1v) is 8.82. The summed E-state index contributed by atoms with van der Waals surface area (Å²) >= 11 is 0. The van der Waals surface area contributed by atoms with Gasteiger partial charge in [0.05, 0.1) is 6.61 Å². The van der Waals surface area contributed by atoms with Crippen molar-refractivity contribution in [2.75, 3.05) is 19.7 Å². The summed E-state index contributed by atoms with van der Waals surface area (Å²) in [5.41, 5.74) is 2.55. The van der Waals surface area contributed by atoms with Gasteiger partial charge in [0.15, 0.2) is 0 Å². The fraction of sp³-hybridized carbons (Fsp3) is 0.300. The lowest BCUT2D eigenvalue weighted by Crippen LogP contribution is -2.27. The Bertz CT molecular complexity index is 880. The molecule has 0 saturated carbocycles. The average Bonchev–Trinajstić information content (AvgIpc) is 3.25. The molecular weight excluding hydrogens is 348 g/mol. The molecule has 0 aliphatic carbocycles. The van der Waals surface area contributed by atoms with Crippen molar-refractivity contribution in [2.24, 2.45) is 5.92 Å². The maximum absolute atomic E-state index is 11.8. The van der Waals surface area contributed by atoms with Crippen LogP contribution in [0.5, 0.6) is 11.5 Å². The van der Waals surface area contributed by atoms with Crippen LogP contribution in [0.2, 0.25) is 0 Å². The summed E-state index contributed by atoms with van der Waals surface area (Å²) in [7, 11) is 0. The number of rotatable bonds is 4. The predicted molar refractivity (Wildman–Crippen MR) is 97.0 cm³/mol. The van der Waals surface area contributed by atoms with Gasteiger partial charge in [-0.05, 0) is 35.4 Å². The van der Waals surface area contributed by atoms with Crippen LogP contribution in [0.1, 0.15) is 27.4 Å². The van der Waals surface area contributed by atoms with Crippen molar-refractivity contribution in [2.45, 2.75) is 12.5 Å². The molecule has 2 heterocycles. The van der Waals surface area contributed by atoms with Crippen LogP contribution in [0.15, 0.2) is 42.5 Å². The van der Waals surface area contributed by atoms with Gasteiger partial charge in [0.2, 0.25) is 0 Å².